The lowest BCUT2D eigenvalue weighted by molar-refractivity contribution is -0.728. The van der Waals surface area contributed by atoms with E-state index in [0.29, 0.717) is 5.92 Å². The van der Waals surface area contributed by atoms with Crippen LogP contribution in [-0.4, -0.2) is 25.0 Å². The maximum Gasteiger partial charge on any atom is 0.317 e. The van der Waals surface area contributed by atoms with Crippen molar-refractivity contribution < 1.29 is 14.1 Å². The number of carbonyl (C=O) groups excluding carboxylic acids is 1. The van der Waals surface area contributed by atoms with Gasteiger partial charge in [-0.05, 0) is 50.6 Å². The molecule has 0 saturated carbocycles. The maximum absolute atomic E-state index is 12.4. The van der Waals surface area contributed by atoms with Crippen LogP contribution < -0.4 is 4.57 Å². The molecule has 0 aliphatic heterocycles. The van der Waals surface area contributed by atoms with Crippen molar-refractivity contribution >= 4 is 5.97 Å². The Labute approximate surface area is 157 Å². The van der Waals surface area contributed by atoms with Crippen LogP contribution in [0, 0.1) is 5.92 Å². The van der Waals surface area contributed by atoms with Crippen molar-refractivity contribution in [1.29, 1.82) is 0 Å². The van der Waals surface area contributed by atoms with Gasteiger partial charge in [0.2, 0.25) is 0 Å². The minimum atomic E-state index is -0.270. The number of hydrogen-bond donors (Lipinski definition) is 0. The van der Waals surface area contributed by atoms with Crippen LogP contribution in [-0.2, 0) is 29.2 Å². The zero-order valence-corrected chi connectivity index (χ0v) is 16.6. The van der Waals surface area contributed by atoms with Crippen LogP contribution in [0.1, 0.15) is 43.4 Å². The van der Waals surface area contributed by atoms with Crippen molar-refractivity contribution in [2.75, 3.05) is 14.1 Å². The summed E-state index contributed by atoms with van der Waals surface area (Å²) in [5.41, 5.74) is 3.48. The summed E-state index contributed by atoms with van der Waals surface area (Å²) in [6, 6.07) is 12.3. The second-order valence-electron chi connectivity index (χ2n) is 7.62. The van der Waals surface area contributed by atoms with Gasteiger partial charge >= 0.3 is 5.97 Å². The zero-order chi connectivity index (χ0) is 19.1. The molecule has 2 rings (SSSR count). The zero-order valence-electron chi connectivity index (χ0n) is 16.6. The smallest absolute Gasteiger partial charge is 0.317 e. The van der Waals surface area contributed by atoms with E-state index >= 15 is 0 Å². The average Bonchev–Trinajstić information content (AvgIpc) is 2.59. The lowest BCUT2D eigenvalue weighted by Crippen LogP contribution is -2.36. The van der Waals surface area contributed by atoms with Gasteiger partial charge in [0.05, 0.1) is 5.92 Å². The molecule has 2 aromatic rings. The Balaban J connectivity index is 1.92. The predicted octanol–water partition coefficient (Wildman–Crippen LogP) is 3.54. The lowest BCUT2D eigenvalue weighted by Gasteiger charge is -2.12. The highest BCUT2D eigenvalue weighted by Gasteiger charge is 2.18. The summed E-state index contributed by atoms with van der Waals surface area (Å²) in [7, 11) is 4.07. The Kier molecular flexibility index (Phi) is 7.34. The molecule has 0 spiro atoms. The second kappa shape index (κ2) is 9.48. The molecule has 0 bridgehead atoms. The van der Waals surface area contributed by atoms with Gasteiger partial charge < -0.3 is 9.64 Å². The molecule has 4 heteroatoms. The fourth-order valence-corrected chi connectivity index (χ4v) is 2.93. The predicted molar refractivity (Wildman–Crippen MR) is 104 cm³/mol. The van der Waals surface area contributed by atoms with E-state index in [0.717, 1.165) is 18.5 Å². The Morgan fingerprint density at radius 3 is 2.38 bits per heavy atom. The van der Waals surface area contributed by atoms with E-state index in [1.54, 1.807) is 0 Å². The van der Waals surface area contributed by atoms with Gasteiger partial charge in [-0.2, -0.15) is 4.57 Å². The summed E-state index contributed by atoms with van der Waals surface area (Å²) in [6.07, 6.45) is 4.98. The van der Waals surface area contributed by atoms with Gasteiger partial charge in [0.25, 0.3) is 6.73 Å². The Hall–Kier alpha value is -2.20. The average molecular weight is 356 g/mol. The summed E-state index contributed by atoms with van der Waals surface area (Å²) in [5.74, 6) is 0.157. The number of ether oxygens (including phenoxy) is 1. The third kappa shape index (κ3) is 6.26. The minimum Gasteiger partial charge on any atom is -0.404 e. The van der Waals surface area contributed by atoms with Crippen LogP contribution in [0.4, 0.5) is 0 Å². The van der Waals surface area contributed by atoms with Crippen LogP contribution >= 0.6 is 0 Å². The molecule has 140 valence electrons. The molecule has 0 fully saturated rings. The normalized spacial score (nSPS) is 12.4. The summed E-state index contributed by atoms with van der Waals surface area (Å²) >= 11 is 0. The fourth-order valence-electron chi connectivity index (χ4n) is 2.93. The molecule has 4 nitrogen and oxygen atoms in total. The number of benzene rings is 1. The van der Waals surface area contributed by atoms with Gasteiger partial charge in [0.1, 0.15) is 0 Å². The van der Waals surface area contributed by atoms with Gasteiger partial charge in [0, 0.05) is 18.2 Å². The molecule has 0 aliphatic rings. The number of aromatic nitrogens is 1. The van der Waals surface area contributed by atoms with Crippen molar-refractivity contribution in [3.63, 3.8) is 0 Å². The van der Waals surface area contributed by atoms with Crippen LogP contribution in [0.15, 0.2) is 48.8 Å². The summed E-state index contributed by atoms with van der Waals surface area (Å²) in [6.45, 7) is 7.40. The lowest BCUT2D eigenvalue weighted by atomic mass is 9.97. The summed E-state index contributed by atoms with van der Waals surface area (Å²) in [5, 5.41) is 0. The molecule has 1 aromatic heterocycles. The van der Waals surface area contributed by atoms with Crippen LogP contribution in [0.25, 0.3) is 0 Å². The molecule has 1 heterocycles. The topological polar surface area (TPSA) is 33.4 Å². The van der Waals surface area contributed by atoms with Crippen molar-refractivity contribution in [1.82, 2.24) is 4.90 Å². The van der Waals surface area contributed by atoms with E-state index in [2.05, 4.69) is 36.9 Å². The van der Waals surface area contributed by atoms with Crippen LogP contribution in [0.3, 0.4) is 0 Å². The highest BCUT2D eigenvalue weighted by atomic mass is 16.5. The number of pyridine rings is 1. The van der Waals surface area contributed by atoms with E-state index in [-0.39, 0.29) is 18.6 Å². The Bertz CT molecular complexity index is 708. The van der Waals surface area contributed by atoms with Crippen molar-refractivity contribution in [2.45, 2.75) is 46.4 Å². The molecule has 0 saturated heterocycles. The highest BCUT2D eigenvalue weighted by molar-refractivity contribution is 5.77. The first-order valence-electron chi connectivity index (χ1n) is 9.23. The molecule has 1 atom stereocenters. The van der Waals surface area contributed by atoms with Crippen molar-refractivity contribution in [3.05, 3.63) is 65.5 Å². The number of carbonyl (C=O) groups is 1. The van der Waals surface area contributed by atoms with Gasteiger partial charge in [-0.3, -0.25) is 4.79 Å². The second-order valence-corrected chi connectivity index (χ2v) is 7.62. The van der Waals surface area contributed by atoms with Crippen LogP contribution in [0.5, 0.6) is 0 Å². The third-order valence-electron chi connectivity index (χ3n) is 4.25. The van der Waals surface area contributed by atoms with Gasteiger partial charge in [-0.25, -0.2) is 0 Å². The van der Waals surface area contributed by atoms with E-state index in [4.69, 9.17) is 4.74 Å². The van der Waals surface area contributed by atoms with Crippen LogP contribution in [0.2, 0.25) is 0 Å². The monoisotopic (exact) mass is 355 g/mol. The largest absolute Gasteiger partial charge is 0.404 e. The van der Waals surface area contributed by atoms with Crippen molar-refractivity contribution in [2.24, 2.45) is 5.92 Å². The first-order valence-corrected chi connectivity index (χ1v) is 9.23. The molecule has 0 amide bonds. The number of esters is 1. The SMILES string of the molecule is CC(C)Cc1ccc(C(C)C(=O)OC[n+]2cccc(CN(C)C)c2)cc1. The van der Waals surface area contributed by atoms with Gasteiger partial charge in [-0.15, -0.1) is 0 Å². The van der Waals surface area contributed by atoms with Gasteiger partial charge in [-0.1, -0.05) is 38.1 Å². The molecule has 1 aromatic carbocycles. The van der Waals surface area contributed by atoms with E-state index < -0.39 is 0 Å². The number of hydrogen-bond acceptors (Lipinski definition) is 3. The molecular weight excluding hydrogens is 324 g/mol. The molecule has 26 heavy (non-hydrogen) atoms. The highest BCUT2D eigenvalue weighted by Crippen LogP contribution is 2.18. The summed E-state index contributed by atoms with van der Waals surface area (Å²) in [4.78, 5) is 14.5. The quantitative estimate of drug-likeness (QED) is 0.536. The van der Waals surface area contributed by atoms with E-state index in [1.807, 2.05) is 56.2 Å². The van der Waals surface area contributed by atoms with Gasteiger partial charge in [0.15, 0.2) is 12.4 Å². The molecule has 0 N–H and O–H groups in total. The minimum absolute atomic E-state index is 0.202. The maximum atomic E-state index is 12.4. The number of rotatable bonds is 8. The molecule has 0 aliphatic carbocycles. The molecule has 1 unspecified atom stereocenters. The first-order chi connectivity index (χ1) is 12.3. The first kappa shape index (κ1) is 20.1. The third-order valence-corrected chi connectivity index (χ3v) is 4.25. The fraction of sp³-hybridized carbons (Fsp3) is 0.455. The Morgan fingerprint density at radius 2 is 1.77 bits per heavy atom. The Morgan fingerprint density at radius 1 is 1.08 bits per heavy atom. The van der Waals surface area contributed by atoms with E-state index in [9.17, 15) is 4.79 Å². The molecule has 0 radical (unpaired) electrons. The van der Waals surface area contributed by atoms with E-state index in [1.165, 1.54) is 11.1 Å². The summed E-state index contributed by atoms with van der Waals surface area (Å²) < 4.78 is 7.41. The standard InChI is InChI=1S/C22H31N2O2/c1-17(2)13-19-8-10-21(11-9-19)18(3)22(25)26-16-24-12-6-7-20(15-24)14-23(4)5/h6-12,15,17-18H,13-14,16H2,1-5H3/q+1. The molecular formula is C22H31N2O2+. The van der Waals surface area contributed by atoms with Crippen molar-refractivity contribution in [3.8, 4) is 0 Å². The number of nitrogens with zero attached hydrogens (tertiary/aromatic N) is 2.